The first-order valence-corrected chi connectivity index (χ1v) is 12.4. The molecule has 39 heavy (non-hydrogen) atoms. The zero-order chi connectivity index (χ0) is 28.4. The monoisotopic (exact) mass is 544 g/mol. The van der Waals surface area contributed by atoms with Gasteiger partial charge in [0.2, 0.25) is 5.95 Å². The predicted molar refractivity (Wildman–Crippen MR) is 139 cm³/mol. The van der Waals surface area contributed by atoms with E-state index in [2.05, 4.69) is 20.3 Å². The second kappa shape index (κ2) is 11.1. The number of ether oxygens (including phenoxy) is 4. The largest absolute Gasteiger partial charge is 0.463 e. The number of imidazole rings is 1. The van der Waals surface area contributed by atoms with Crippen molar-refractivity contribution in [2.45, 2.75) is 58.2 Å². The first-order valence-electron chi connectivity index (χ1n) is 12.4. The standard InChI is InChI=1S/C26H33FN6O6/c1-25(2,3)23(35)38-14-37-19-16(12-36-17(34)11-15-9-7-6-8-10-15)39-22(26(19,4)27)33-13-30-18-20(29-5)31-24(28)32-21(18)33/h6-10,13,16,19,22H,11-12,14H2,1-5H3,(H3,28,29,31,32)/t16-,19-,22-,26-/m1/s1. The number of hydrogen-bond donors (Lipinski definition) is 2. The van der Waals surface area contributed by atoms with Gasteiger partial charge in [-0.2, -0.15) is 9.97 Å². The molecule has 3 N–H and O–H groups in total. The number of nitrogen functional groups attached to an aromatic ring is 1. The summed E-state index contributed by atoms with van der Waals surface area (Å²) < 4.78 is 40.3. The molecule has 1 aliphatic heterocycles. The van der Waals surface area contributed by atoms with Crippen LogP contribution in [0.3, 0.4) is 0 Å². The molecule has 0 amide bonds. The van der Waals surface area contributed by atoms with Crippen molar-refractivity contribution >= 4 is 34.9 Å². The molecule has 0 bridgehead atoms. The Morgan fingerprint density at radius 1 is 1.21 bits per heavy atom. The summed E-state index contributed by atoms with van der Waals surface area (Å²) in [5.74, 6) is -0.709. The van der Waals surface area contributed by atoms with Crippen LogP contribution >= 0.6 is 0 Å². The molecule has 0 radical (unpaired) electrons. The summed E-state index contributed by atoms with van der Waals surface area (Å²) in [6.07, 6.45) is -2.21. The third-order valence-electron chi connectivity index (χ3n) is 6.26. The minimum absolute atomic E-state index is 0.0355. The molecule has 0 unspecified atom stereocenters. The maximum atomic E-state index is 16.5. The molecule has 1 aliphatic rings. The quantitative estimate of drug-likeness (QED) is 0.302. The fraction of sp³-hybridized carbons (Fsp3) is 0.500. The van der Waals surface area contributed by atoms with Crippen LogP contribution in [0.1, 0.15) is 39.5 Å². The number of esters is 2. The average molecular weight is 545 g/mol. The lowest BCUT2D eigenvalue weighted by molar-refractivity contribution is -0.180. The molecule has 2 aromatic heterocycles. The van der Waals surface area contributed by atoms with Crippen molar-refractivity contribution in [3.05, 3.63) is 42.2 Å². The molecule has 1 aromatic carbocycles. The van der Waals surface area contributed by atoms with Crippen molar-refractivity contribution in [1.82, 2.24) is 19.5 Å². The number of carbonyl (C=O) groups is 2. The molecular weight excluding hydrogens is 511 g/mol. The number of rotatable bonds is 9. The Morgan fingerprint density at radius 3 is 2.59 bits per heavy atom. The van der Waals surface area contributed by atoms with Gasteiger partial charge in [-0.15, -0.1) is 0 Å². The van der Waals surface area contributed by atoms with Crippen LogP contribution in [0, 0.1) is 5.41 Å². The summed E-state index contributed by atoms with van der Waals surface area (Å²) in [4.78, 5) is 37.4. The van der Waals surface area contributed by atoms with E-state index in [1.807, 2.05) is 18.2 Å². The zero-order valence-electron chi connectivity index (χ0n) is 22.5. The molecular formula is C26H33FN6O6. The van der Waals surface area contributed by atoms with E-state index >= 15 is 4.39 Å². The minimum atomic E-state index is -2.20. The number of aromatic nitrogens is 4. The van der Waals surface area contributed by atoms with Crippen molar-refractivity contribution in [1.29, 1.82) is 0 Å². The van der Waals surface area contributed by atoms with Gasteiger partial charge in [-0.25, -0.2) is 9.37 Å². The van der Waals surface area contributed by atoms with E-state index in [4.69, 9.17) is 24.7 Å². The Labute approximate surface area is 225 Å². The molecule has 210 valence electrons. The minimum Gasteiger partial charge on any atom is -0.463 e. The molecule has 12 nitrogen and oxygen atoms in total. The lowest BCUT2D eigenvalue weighted by atomic mass is 9.97. The van der Waals surface area contributed by atoms with E-state index in [-0.39, 0.29) is 24.6 Å². The zero-order valence-corrected chi connectivity index (χ0v) is 22.5. The normalized spacial score (nSPS) is 23.1. The molecule has 13 heteroatoms. The number of halogens is 1. The van der Waals surface area contributed by atoms with E-state index in [0.717, 1.165) is 5.56 Å². The number of nitrogens with one attached hydrogen (secondary N) is 1. The highest BCUT2D eigenvalue weighted by molar-refractivity contribution is 5.84. The third-order valence-corrected chi connectivity index (χ3v) is 6.26. The average Bonchev–Trinajstić information content (AvgIpc) is 3.39. The second-order valence-corrected chi connectivity index (χ2v) is 10.4. The number of nitrogens with zero attached hydrogens (tertiary/aromatic N) is 4. The van der Waals surface area contributed by atoms with Gasteiger partial charge in [-0.1, -0.05) is 30.3 Å². The van der Waals surface area contributed by atoms with E-state index in [0.29, 0.717) is 11.3 Å². The van der Waals surface area contributed by atoms with Gasteiger partial charge in [0.25, 0.3) is 0 Å². The summed E-state index contributed by atoms with van der Waals surface area (Å²) in [6, 6.07) is 9.07. The number of nitrogens with two attached hydrogens (primary N) is 1. The third kappa shape index (κ3) is 6.09. The second-order valence-electron chi connectivity index (χ2n) is 10.4. The van der Waals surface area contributed by atoms with Crippen molar-refractivity contribution in [3.8, 4) is 0 Å². The lowest BCUT2D eigenvalue weighted by Crippen LogP contribution is -2.44. The molecule has 3 heterocycles. The summed E-state index contributed by atoms with van der Waals surface area (Å²) in [7, 11) is 1.65. The van der Waals surface area contributed by atoms with Crippen LogP contribution in [0.25, 0.3) is 11.2 Å². The van der Waals surface area contributed by atoms with Crippen LogP contribution in [0.2, 0.25) is 0 Å². The molecule has 1 saturated heterocycles. The number of carbonyl (C=O) groups excluding carboxylic acids is 2. The van der Waals surface area contributed by atoms with Gasteiger partial charge in [-0.05, 0) is 33.3 Å². The van der Waals surface area contributed by atoms with Gasteiger partial charge in [0.1, 0.15) is 18.8 Å². The Kier molecular flexibility index (Phi) is 8.02. The molecule has 0 aliphatic carbocycles. The highest BCUT2D eigenvalue weighted by atomic mass is 19.1. The van der Waals surface area contributed by atoms with Crippen LogP contribution in [-0.2, 0) is 35.0 Å². The Balaban J connectivity index is 1.57. The Morgan fingerprint density at radius 2 is 1.92 bits per heavy atom. The fourth-order valence-electron chi connectivity index (χ4n) is 4.25. The number of benzene rings is 1. The van der Waals surface area contributed by atoms with Crippen molar-refractivity contribution in [2.24, 2.45) is 5.41 Å². The number of alkyl halides is 1. The van der Waals surface area contributed by atoms with E-state index in [9.17, 15) is 9.59 Å². The van der Waals surface area contributed by atoms with Crippen LogP contribution in [0.15, 0.2) is 36.7 Å². The molecule has 4 rings (SSSR count). The van der Waals surface area contributed by atoms with Gasteiger partial charge in [0, 0.05) is 7.05 Å². The van der Waals surface area contributed by atoms with Crippen molar-refractivity contribution < 1.29 is 32.9 Å². The SMILES string of the molecule is CNc1nc(N)nc2c1ncn2[C@@H]1O[C@H](COC(=O)Cc2ccccc2)[C@@H](OCOC(=O)C(C)(C)C)[C@@]1(C)F. The number of anilines is 2. The maximum Gasteiger partial charge on any atom is 0.313 e. The first-order chi connectivity index (χ1) is 18.4. The molecule has 4 atom stereocenters. The molecule has 0 spiro atoms. The predicted octanol–water partition coefficient (Wildman–Crippen LogP) is 2.79. The number of fused-ring (bicyclic) bond motifs is 1. The van der Waals surface area contributed by atoms with Gasteiger partial charge >= 0.3 is 11.9 Å². The van der Waals surface area contributed by atoms with E-state index in [1.54, 1.807) is 40.0 Å². The number of hydrogen-bond acceptors (Lipinski definition) is 11. The Bertz CT molecular complexity index is 1330. The van der Waals surface area contributed by atoms with Crippen LogP contribution in [0.5, 0.6) is 0 Å². The topological polar surface area (TPSA) is 153 Å². The molecule has 3 aromatic rings. The van der Waals surface area contributed by atoms with Crippen LogP contribution in [0.4, 0.5) is 16.2 Å². The highest BCUT2D eigenvalue weighted by Crippen LogP contribution is 2.44. The van der Waals surface area contributed by atoms with E-state index in [1.165, 1.54) is 17.8 Å². The lowest BCUT2D eigenvalue weighted by Gasteiger charge is -2.28. The van der Waals surface area contributed by atoms with Crippen LogP contribution in [-0.4, -0.2) is 69.8 Å². The van der Waals surface area contributed by atoms with Crippen molar-refractivity contribution in [2.75, 3.05) is 31.5 Å². The van der Waals surface area contributed by atoms with Gasteiger partial charge in [0.05, 0.1) is 18.2 Å². The van der Waals surface area contributed by atoms with Crippen molar-refractivity contribution in [3.63, 3.8) is 0 Å². The van der Waals surface area contributed by atoms with Gasteiger partial charge < -0.3 is 30.0 Å². The Hall–Kier alpha value is -3.84. The maximum absolute atomic E-state index is 16.5. The fourth-order valence-corrected chi connectivity index (χ4v) is 4.25. The van der Waals surface area contributed by atoms with E-state index < -0.39 is 48.3 Å². The molecule has 1 fully saturated rings. The first kappa shape index (κ1) is 28.2. The van der Waals surface area contributed by atoms with Gasteiger partial charge in [-0.3, -0.25) is 14.2 Å². The summed E-state index contributed by atoms with van der Waals surface area (Å²) >= 11 is 0. The summed E-state index contributed by atoms with van der Waals surface area (Å²) in [6.45, 7) is 5.54. The summed E-state index contributed by atoms with van der Waals surface area (Å²) in [5, 5.41) is 2.88. The smallest absolute Gasteiger partial charge is 0.313 e. The summed E-state index contributed by atoms with van der Waals surface area (Å²) in [5.41, 5.74) is 4.25. The molecule has 0 saturated carbocycles. The van der Waals surface area contributed by atoms with Crippen LogP contribution < -0.4 is 11.1 Å². The van der Waals surface area contributed by atoms with Gasteiger partial charge in [0.15, 0.2) is 35.7 Å². The highest BCUT2D eigenvalue weighted by Gasteiger charge is 2.57.